The van der Waals surface area contributed by atoms with E-state index in [2.05, 4.69) is 21.3 Å². The first-order valence-corrected chi connectivity index (χ1v) is 3.73. The number of hydrogen-bond acceptors (Lipinski definition) is 3. The fourth-order valence-electron chi connectivity index (χ4n) is 1.39. The van der Waals surface area contributed by atoms with Gasteiger partial charge in [0.15, 0.2) is 5.54 Å². The van der Waals surface area contributed by atoms with Gasteiger partial charge in [0.1, 0.15) is 6.17 Å². The van der Waals surface area contributed by atoms with E-state index in [9.17, 15) is 14.4 Å². The van der Waals surface area contributed by atoms with Crippen LogP contribution in [0.5, 0.6) is 0 Å². The molecule has 0 aromatic rings. The third-order valence-electron chi connectivity index (χ3n) is 2.20. The molecule has 2 rings (SSSR count). The fourth-order valence-corrected chi connectivity index (χ4v) is 1.39. The Morgan fingerprint density at radius 2 is 1.77 bits per heavy atom. The Kier molecular flexibility index (Phi) is 1.28. The number of urea groups is 2. The number of carbonyl (C=O) groups excluding carboxylic acids is 3. The van der Waals surface area contributed by atoms with Gasteiger partial charge in [0.25, 0.3) is 5.91 Å². The average Bonchev–Trinajstić information content (AvgIpc) is 2.26. The van der Waals surface area contributed by atoms with Crippen molar-refractivity contribution in [1.82, 2.24) is 21.3 Å². The van der Waals surface area contributed by atoms with Gasteiger partial charge in [0.05, 0.1) is 0 Å². The Labute approximate surface area is 73.2 Å². The molecule has 5 amide bonds. The number of rotatable bonds is 0. The molecule has 2 saturated heterocycles. The minimum atomic E-state index is -1.09. The Morgan fingerprint density at radius 3 is 2.46 bits per heavy atom. The molecule has 2 atom stereocenters. The van der Waals surface area contributed by atoms with Crippen LogP contribution in [0.15, 0.2) is 0 Å². The van der Waals surface area contributed by atoms with E-state index in [0.29, 0.717) is 0 Å². The van der Waals surface area contributed by atoms with Gasteiger partial charge in [-0.3, -0.25) is 10.1 Å². The molecule has 0 bridgehead atoms. The Bertz CT molecular complexity index is 315. The van der Waals surface area contributed by atoms with Crippen LogP contribution in [0.2, 0.25) is 0 Å². The van der Waals surface area contributed by atoms with E-state index >= 15 is 0 Å². The lowest BCUT2D eigenvalue weighted by atomic mass is 9.97. The van der Waals surface area contributed by atoms with E-state index in [-0.39, 0.29) is 0 Å². The summed E-state index contributed by atoms with van der Waals surface area (Å²) in [5.74, 6) is -0.514. The first-order valence-electron chi connectivity index (χ1n) is 3.73. The van der Waals surface area contributed by atoms with Crippen LogP contribution < -0.4 is 21.3 Å². The van der Waals surface area contributed by atoms with Crippen molar-refractivity contribution >= 4 is 18.0 Å². The summed E-state index contributed by atoms with van der Waals surface area (Å²) in [6.45, 7) is 1.53. The van der Waals surface area contributed by atoms with Crippen LogP contribution in [0.4, 0.5) is 9.59 Å². The van der Waals surface area contributed by atoms with E-state index in [1.54, 1.807) is 0 Å². The zero-order valence-electron chi connectivity index (χ0n) is 6.80. The van der Waals surface area contributed by atoms with Crippen molar-refractivity contribution in [2.45, 2.75) is 18.6 Å². The van der Waals surface area contributed by atoms with Gasteiger partial charge in [0, 0.05) is 0 Å². The predicted octanol–water partition coefficient (Wildman–Crippen LogP) is -1.78. The highest BCUT2D eigenvalue weighted by atomic mass is 16.2. The smallest absolute Gasteiger partial charge is 0.320 e. The topological polar surface area (TPSA) is 99.3 Å². The molecule has 7 heteroatoms. The van der Waals surface area contributed by atoms with Gasteiger partial charge in [-0.15, -0.1) is 0 Å². The molecule has 2 unspecified atom stereocenters. The van der Waals surface area contributed by atoms with E-state index in [1.165, 1.54) is 6.92 Å². The molecule has 0 radical (unpaired) electrons. The average molecular weight is 184 g/mol. The maximum absolute atomic E-state index is 11.3. The van der Waals surface area contributed by atoms with Crippen LogP contribution >= 0.6 is 0 Å². The summed E-state index contributed by atoms with van der Waals surface area (Å²) < 4.78 is 0. The van der Waals surface area contributed by atoms with Crippen LogP contribution in [0.1, 0.15) is 6.92 Å². The zero-order valence-corrected chi connectivity index (χ0v) is 6.80. The van der Waals surface area contributed by atoms with Crippen molar-refractivity contribution in [2.75, 3.05) is 0 Å². The van der Waals surface area contributed by atoms with Gasteiger partial charge in [-0.25, -0.2) is 9.59 Å². The normalized spacial score (nSPS) is 37.0. The molecule has 0 aliphatic carbocycles. The summed E-state index contributed by atoms with van der Waals surface area (Å²) in [5, 5.41) is 9.32. The first kappa shape index (κ1) is 7.84. The van der Waals surface area contributed by atoms with E-state index in [1.807, 2.05) is 0 Å². The van der Waals surface area contributed by atoms with E-state index < -0.39 is 29.7 Å². The zero-order chi connectivity index (χ0) is 9.64. The summed E-state index contributed by atoms with van der Waals surface area (Å²) in [4.78, 5) is 33.1. The second-order valence-electron chi connectivity index (χ2n) is 3.16. The van der Waals surface area contributed by atoms with Crippen molar-refractivity contribution < 1.29 is 14.4 Å². The van der Waals surface area contributed by atoms with Gasteiger partial charge in [-0.1, -0.05) is 0 Å². The summed E-state index contributed by atoms with van der Waals surface area (Å²) in [6, 6.07) is -1.07. The predicted molar refractivity (Wildman–Crippen MR) is 40.5 cm³/mol. The van der Waals surface area contributed by atoms with Crippen molar-refractivity contribution in [3.05, 3.63) is 0 Å². The molecule has 2 aliphatic rings. The molecular weight excluding hydrogens is 176 g/mol. The molecule has 13 heavy (non-hydrogen) atoms. The third-order valence-corrected chi connectivity index (χ3v) is 2.20. The van der Waals surface area contributed by atoms with Gasteiger partial charge in [-0.05, 0) is 6.92 Å². The molecule has 0 saturated carbocycles. The molecule has 0 aromatic heterocycles. The molecule has 0 spiro atoms. The highest BCUT2D eigenvalue weighted by Crippen LogP contribution is 2.16. The highest BCUT2D eigenvalue weighted by molar-refractivity contribution is 6.06. The lowest BCUT2D eigenvalue weighted by Gasteiger charge is -2.32. The fraction of sp³-hybridized carbons (Fsp3) is 0.500. The van der Waals surface area contributed by atoms with Crippen LogP contribution in [-0.4, -0.2) is 29.7 Å². The van der Waals surface area contributed by atoms with Crippen LogP contribution in [0, 0.1) is 0 Å². The summed E-state index contributed by atoms with van der Waals surface area (Å²) in [5.41, 5.74) is -1.09. The lowest BCUT2D eigenvalue weighted by Crippen LogP contribution is -2.71. The Hall–Kier alpha value is -1.79. The Balaban J connectivity index is 2.33. The van der Waals surface area contributed by atoms with Crippen LogP contribution in [0.3, 0.4) is 0 Å². The summed E-state index contributed by atoms with van der Waals surface area (Å²) in [6.07, 6.45) is -0.679. The van der Waals surface area contributed by atoms with Crippen molar-refractivity contribution in [3.63, 3.8) is 0 Å². The third kappa shape index (κ3) is 0.930. The van der Waals surface area contributed by atoms with Gasteiger partial charge in [-0.2, -0.15) is 0 Å². The van der Waals surface area contributed by atoms with E-state index in [4.69, 9.17) is 0 Å². The minimum absolute atomic E-state index is 0.468. The molecular formula is C6H8N4O3. The number of amides is 5. The number of hydrogen-bond donors (Lipinski definition) is 4. The molecule has 0 aromatic carbocycles. The van der Waals surface area contributed by atoms with Crippen molar-refractivity contribution in [1.29, 1.82) is 0 Å². The maximum Gasteiger partial charge on any atom is 0.323 e. The number of nitrogens with one attached hydrogen (secondary N) is 4. The largest absolute Gasteiger partial charge is 0.323 e. The lowest BCUT2D eigenvalue weighted by molar-refractivity contribution is -0.127. The second-order valence-corrected chi connectivity index (χ2v) is 3.16. The van der Waals surface area contributed by atoms with Crippen molar-refractivity contribution in [2.24, 2.45) is 0 Å². The number of fused-ring (bicyclic) bond motifs is 1. The SMILES string of the molecule is CC12NC(=O)NC1NC(=O)NC2=O. The van der Waals surface area contributed by atoms with Gasteiger partial charge in [0.2, 0.25) is 0 Å². The molecule has 2 heterocycles. The number of carbonyl (C=O) groups is 3. The monoisotopic (exact) mass is 184 g/mol. The quantitative estimate of drug-likeness (QED) is 0.358. The minimum Gasteiger partial charge on any atom is -0.320 e. The van der Waals surface area contributed by atoms with Crippen LogP contribution in [-0.2, 0) is 4.79 Å². The standard InChI is InChI=1S/C6H8N4O3/c1-6-2(8-5(13)10-6)7-4(12)9-3(6)11/h2H,1H3,(H2,8,10,13)(H2,7,9,11,12). The highest BCUT2D eigenvalue weighted by Gasteiger charge is 2.52. The maximum atomic E-state index is 11.3. The van der Waals surface area contributed by atoms with Gasteiger partial charge >= 0.3 is 12.1 Å². The molecule has 2 aliphatic heterocycles. The first-order chi connectivity index (χ1) is 6.02. The Morgan fingerprint density at radius 1 is 1.15 bits per heavy atom. The van der Waals surface area contributed by atoms with Gasteiger partial charge < -0.3 is 16.0 Å². The summed E-state index contributed by atoms with van der Waals surface area (Å²) >= 11 is 0. The number of imide groups is 1. The molecule has 70 valence electrons. The molecule has 7 nitrogen and oxygen atoms in total. The summed E-state index contributed by atoms with van der Waals surface area (Å²) in [7, 11) is 0. The molecule has 2 fully saturated rings. The van der Waals surface area contributed by atoms with Crippen LogP contribution in [0.25, 0.3) is 0 Å². The second kappa shape index (κ2) is 2.12. The molecule has 4 N–H and O–H groups in total. The van der Waals surface area contributed by atoms with E-state index in [0.717, 1.165) is 0 Å². The van der Waals surface area contributed by atoms with Crippen molar-refractivity contribution in [3.8, 4) is 0 Å².